The Kier molecular flexibility index (Phi) is 4.94. The number of hydrogen-bond donors (Lipinski definition) is 0. The van der Waals surface area contributed by atoms with Crippen LogP contribution < -0.4 is 4.90 Å². The molecular formula is C20H19ClN2O2S. The summed E-state index contributed by atoms with van der Waals surface area (Å²) in [6.07, 6.45) is 2.04. The second-order valence-corrected chi connectivity index (χ2v) is 7.97. The van der Waals surface area contributed by atoms with E-state index in [2.05, 4.69) is 13.0 Å². The van der Waals surface area contributed by atoms with Crippen molar-refractivity contribution in [1.82, 2.24) is 4.98 Å². The second kappa shape index (κ2) is 7.35. The number of benzene rings is 2. The molecule has 0 spiro atoms. The Balaban J connectivity index is 1.72. The molecule has 0 saturated carbocycles. The van der Waals surface area contributed by atoms with E-state index in [0.717, 1.165) is 29.7 Å². The van der Waals surface area contributed by atoms with Gasteiger partial charge in [-0.3, -0.25) is 9.69 Å². The minimum absolute atomic E-state index is 0.0480. The van der Waals surface area contributed by atoms with E-state index in [9.17, 15) is 4.79 Å². The highest BCUT2D eigenvalue weighted by atomic mass is 35.5. The predicted octanol–water partition coefficient (Wildman–Crippen LogP) is 5.08. The molecule has 1 atom stereocenters. The number of anilines is 1. The molecule has 0 aliphatic carbocycles. The molecule has 2 aromatic carbocycles. The molecule has 3 aromatic rings. The summed E-state index contributed by atoms with van der Waals surface area (Å²) in [5, 5.41) is 1.25. The molecule has 0 bridgehead atoms. The topological polar surface area (TPSA) is 42.4 Å². The minimum atomic E-state index is -0.0984. The SMILES string of the molecule is Cc1ccc2nc(N(CC3CCCO3)C(=O)c3cccc(Cl)c3)sc2c1. The number of carbonyl (C=O) groups excluding carboxylic acids is 1. The number of carbonyl (C=O) groups is 1. The van der Waals surface area contributed by atoms with Gasteiger partial charge in [0.1, 0.15) is 0 Å². The van der Waals surface area contributed by atoms with E-state index in [-0.39, 0.29) is 12.0 Å². The third-order valence-electron chi connectivity index (χ3n) is 4.49. The number of ether oxygens (including phenoxy) is 1. The molecule has 134 valence electrons. The number of rotatable bonds is 4. The van der Waals surface area contributed by atoms with Gasteiger partial charge < -0.3 is 4.74 Å². The Morgan fingerprint density at radius 1 is 1.35 bits per heavy atom. The second-order valence-electron chi connectivity index (χ2n) is 6.53. The largest absolute Gasteiger partial charge is 0.376 e. The molecular weight excluding hydrogens is 368 g/mol. The Morgan fingerprint density at radius 2 is 2.23 bits per heavy atom. The normalized spacial score (nSPS) is 16.9. The monoisotopic (exact) mass is 386 g/mol. The van der Waals surface area contributed by atoms with Crippen LogP contribution >= 0.6 is 22.9 Å². The summed E-state index contributed by atoms with van der Waals surface area (Å²) >= 11 is 7.62. The van der Waals surface area contributed by atoms with Crippen LogP contribution in [0.4, 0.5) is 5.13 Å². The first-order chi connectivity index (χ1) is 12.6. The maximum absolute atomic E-state index is 13.2. The first kappa shape index (κ1) is 17.5. The van der Waals surface area contributed by atoms with E-state index < -0.39 is 0 Å². The van der Waals surface area contributed by atoms with Crippen molar-refractivity contribution in [3.8, 4) is 0 Å². The van der Waals surface area contributed by atoms with Gasteiger partial charge in [0, 0.05) is 17.2 Å². The van der Waals surface area contributed by atoms with Gasteiger partial charge in [0.2, 0.25) is 0 Å². The van der Waals surface area contributed by atoms with Gasteiger partial charge in [-0.05, 0) is 55.7 Å². The molecule has 1 aliphatic heterocycles. The van der Waals surface area contributed by atoms with Gasteiger partial charge in [0.25, 0.3) is 5.91 Å². The molecule has 1 amide bonds. The number of thiazole rings is 1. The minimum Gasteiger partial charge on any atom is -0.376 e. The summed E-state index contributed by atoms with van der Waals surface area (Å²) in [4.78, 5) is 19.6. The Bertz CT molecular complexity index is 950. The number of amides is 1. The quantitative estimate of drug-likeness (QED) is 0.627. The summed E-state index contributed by atoms with van der Waals surface area (Å²) in [6.45, 7) is 3.31. The molecule has 1 fully saturated rings. The molecule has 4 nitrogen and oxygen atoms in total. The lowest BCUT2D eigenvalue weighted by Crippen LogP contribution is -2.37. The lowest BCUT2D eigenvalue weighted by Gasteiger charge is -2.23. The van der Waals surface area contributed by atoms with Crippen molar-refractivity contribution in [2.45, 2.75) is 25.9 Å². The van der Waals surface area contributed by atoms with Gasteiger partial charge in [-0.2, -0.15) is 0 Å². The van der Waals surface area contributed by atoms with Crippen molar-refractivity contribution in [2.75, 3.05) is 18.1 Å². The first-order valence-corrected chi connectivity index (χ1v) is 9.86. The van der Waals surface area contributed by atoms with E-state index in [1.807, 2.05) is 12.1 Å². The standard InChI is InChI=1S/C20H19ClN2O2S/c1-13-7-8-17-18(10-13)26-20(22-17)23(12-16-6-3-9-25-16)19(24)14-4-2-5-15(21)11-14/h2,4-5,7-8,10-11,16H,3,6,9,12H2,1H3. The molecule has 0 N–H and O–H groups in total. The highest BCUT2D eigenvalue weighted by molar-refractivity contribution is 7.22. The number of hydrogen-bond acceptors (Lipinski definition) is 4. The van der Waals surface area contributed by atoms with Crippen molar-refractivity contribution >= 4 is 44.2 Å². The van der Waals surface area contributed by atoms with Crippen LogP contribution in [0, 0.1) is 6.92 Å². The van der Waals surface area contributed by atoms with E-state index in [1.165, 1.54) is 16.9 Å². The highest BCUT2D eigenvalue weighted by Gasteiger charge is 2.27. The summed E-state index contributed by atoms with van der Waals surface area (Å²) in [7, 11) is 0. The van der Waals surface area contributed by atoms with E-state index in [0.29, 0.717) is 22.3 Å². The van der Waals surface area contributed by atoms with Crippen molar-refractivity contribution < 1.29 is 9.53 Å². The van der Waals surface area contributed by atoms with Crippen LogP contribution in [0.25, 0.3) is 10.2 Å². The lowest BCUT2D eigenvalue weighted by atomic mass is 10.2. The zero-order chi connectivity index (χ0) is 18.1. The average molecular weight is 387 g/mol. The fourth-order valence-electron chi connectivity index (χ4n) is 3.15. The number of aryl methyl sites for hydroxylation is 1. The van der Waals surface area contributed by atoms with Gasteiger partial charge in [-0.1, -0.05) is 35.1 Å². The number of nitrogens with zero attached hydrogens (tertiary/aromatic N) is 2. The smallest absolute Gasteiger partial charge is 0.260 e. The molecule has 1 saturated heterocycles. The van der Waals surface area contributed by atoms with E-state index in [1.54, 1.807) is 29.2 Å². The highest BCUT2D eigenvalue weighted by Crippen LogP contribution is 2.31. The van der Waals surface area contributed by atoms with Crippen molar-refractivity contribution in [1.29, 1.82) is 0 Å². The number of aromatic nitrogens is 1. The summed E-state index contributed by atoms with van der Waals surface area (Å²) in [5.41, 5.74) is 2.65. The van der Waals surface area contributed by atoms with E-state index >= 15 is 0 Å². The van der Waals surface area contributed by atoms with Crippen LogP contribution in [0.2, 0.25) is 5.02 Å². The van der Waals surface area contributed by atoms with E-state index in [4.69, 9.17) is 21.3 Å². The van der Waals surface area contributed by atoms with Crippen LogP contribution in [-0.4, -0.2) is 30.1 Å². The van der Waals surface area contributed by atoms with Gasteiger partial charge in [0.05, 0.1) is 22.9 Å². The van der Waals surface area contributed by atoms with Crippen LogP contribution in [-0.2, 0) is 4.74 Å². The molecule has 1 unspecified atom stereocenters. The van der Waals surface area contributed by atoms with Crippen LogP contribution in [0.1, 0.15) is 28.8 Å². The maximum Gasteiger partial charge on any atom is 0.260 e. The van der Waals surface area contributed by atoms with Gasteiger partial charge >= 0.3 is 0 Å². The molecule has 26 heavy (non-hydrogen) atoms. The Morgan fingerprint density at radius 3 is 3.00 bits per heavy atom. The number of halogens is 1. The number of fused-ring (bicyclic) bond motifs is 1. The van der Waals surface area contributed by atoms with Crippen molar-refractivity contribution in [2.24, 2.45) is 0 Å². The molecule has 1 aliphatic rings. The summed E-state index contributed by atoms with van der Waals surface area (Å²) in [6, 6.07) is 13.2. The summed E-state index contributed by atoms with van der Waals surface area (Å²) < 4.78 is 6.84. The van der Waals surface area contributed by atoms with Gasteiger partial charge in [-0.15, -0.1) is 0 Å². The van der Waals surface area contributed by atoms with Crippen molar-refractivity contribution in [3.63, 3.8) is 0 Å². The summed E-state index contributed by atoms with van der Waals surface area (Å²) in [5.74, 6) is -0.0984. The lowest BCUT2D eigenvalue weighted by molar-refractivity contribution is 0.0917. The van der Waals surface area contributed by atoms with Gasteiger partial charge in [-0.25, -0.2) is 4.98 Å². The molecule has 0 radical (unpaired) electrons. The molecule has 2 heterocycles. The molecule has 6 heteroatoms. The average Bonchev–Trinajstić information content (AvgIpc) is 3.28. The fourth-order valence-corrected chi connectivity index (χ4v) is 4.41. The molecule has 1 aromatic heterocycles. The maximum atomic E-state index is 13.2. The zero-order valence-corrected chi connectivity index (χ0v) is 16.0. The Hall–Kier alpha value is -1.95. The van der Waals surface area contributed by atoms with Crippen molar-refractivity contribution in [3.05, 3.63) is 58.6 Å². The third-order valence-corrected chi connectivity index (χ3v) is 5.77. The van der Waals surface area contributed by atoms with Crippen LogP contribution in [0.3, 0.4) is 0 Å². The Labute approximate surface area is 161 Å². The third kappa shape index (κ3) is 3.61. The first-order valence-electron chi connectivity index (χ1n) is 8.66. The fraction of sp³-hybridized carbons (Fsp3) is 0.300. The zero-order valence-electron chi connectivity index (χ0n) is 14.4. The van der Waals surface area contributed by atoms with Crippen LogP contribution in [0.5, 0.6) is 0 Å². The predicted molar refractivity (Wildman–Crippen MR) is 106 cm³/mol. The van der Waals surface area contributed by atoms with Crippen LogP contribution in [0.15, 0.2) is 42.5 Å². The van der Waals surface area contributed by atoms with Gasteiger partial charge in [0.15, 0.2) is 5.13 Å². The molecule has 4 rings (SSSR count).